The highest BCUT2D eigenvalue weighted by atomic mass is 16.7. The topological polar surface area (TPSA) is 72.5 Å². The van der Waals surface area contributed by atoms with Crippen LogP contribution in [-0.2, 0) is 33.2 Å². The molecule has 0 bridgehead atoms. The lowest BCUT2D eigenvalue weighted by Crippen LogP contribution is -2.61. The highest BCUT2D eigenvalue weighted by Gasteiger charge is 2.48. The fourth-order valence-corrected chi connectivity index (χ4v) is 2.24. The largest absolute Gasteiger partial charge is 0.454 e. The second-order valence-electron chi connectivity index (χ2n) is 4.21. The molecule has 19 heavy (non-hydrogen) atoms. The van der Waals surface area contributed by atoms with Gasteiger partial charge in [0.1, 0.15) is 18.3 Å². The van der Waals surface area contributed by atoms with Gasteiger partial charge < -0.3 is 28.4 Å². The zero-order valence-corrected chi connectivity index (χ0v) is 12.0. The van der Waals surface area contributed by atoms with Crippen molar-refractivity contribution < 1.29 is 33.2 Å². The van der Waals surface area contributed by atoms with E-state index in [0.717, 1.165) is 0 Å². The van der Waals surface area contributed by atoms with Gasteiger partial charge in [-0.05, 0) is 0 Å². The zero-order valence-electron chi connectivity index (χ0n) is 12.0. The van der Waals surface area contributed by atoms with Crippen LogP contribution >= 0.6 is 0 Å². The van der Waals surface area contributed by atoms with Crippen molar-refractivity contribution in [1.29, 1.82) is 0 Å². The first kappa shape index (κ1) is 16.3. The summed E-state index contributed by atoms with van der Waals surface area (Å²) in [6, 6.07) is 0. The fraction of sp³-hybridized carbons (Fsp3) is 0.917. The molecule has 7 nitrogen and oxygen atoms in total. The second-order valence-corrected chi connectivity index (χ2v) is 4.21. The molecule has 0 aromatic carbocycles. The van der Waals surface area contributed by atoms with Crippen molar-refractivity contribution in [1.82, 2.24) is 0 Å². The first-order chi connectivity index (χ1) is 9.08. The summed E-state index contributed by atoms with van der Waals surface area (Å²) in [7, 11) is 6.11. The van der Waals surface area contributed by atoms with Gasteiger partial charge in [-0.1, -0.05) is 0 Å². The minimum Gasteiger partial charge on any atom is -0.454 e. The van der Waals surface area contributed by atoms with Crippen LogP contribution in [-0.4, -0.2) is 71.7 Å². The van der Waals surface area contributed by atoms with E-state index >= 15 is 0 Å². The Bertz CT molecular complexity index is 283. The number of hydrogen-bond donors (Lipinski definition) is 0. The lowest BCUT2D eigenvalue weighted by Gasteiger charge is -2.43. The molecule has 0 saturated carbocycles. The smallest absolute Gasteiger partial charge is 0.303 e. The lowest BCUT2D eigenvalue weighted by molar-refractivity contribution is -0.305. The van der Waals surface area contributed by atoms with Crippen molar-refractivity contribution in [3.63, 3.8) is 0 Å². The Labute approximate surface area is 113 Å². The average molecular weight is 278 g/mol. The number of carbonyl (C=O) groups is 1. The normalized spacial score (nSPS) is 35.1. The molecule has 1 rings (SSSR count). The molecule has 5 atom stereocenters. The summed E-state index contributed by atoms with van der Waals surface area (Å²) in [6.07, 6.45) is -2.68. The number of rotatable bonds is 6. The van der Waals surface area contributed by atoms with E-state index in [-0.39, 0.29) is 6.10 Å². The van der Waals surface area contributed by atoms with E-state index in [1.165, 1.54) is 21.1 Å². The van der Waals surface area contributed by atoms with Gasteiger partial charge in [-0.3, -0.25) is 4.79 Å². The molecule has 112 valence electrons. The molecule has 0 aromatic heterocycles. The Hall–Kier alpha value is -0.730. The Morgan fingerprint density at radius 3 is 2.05 bits per heavy atom. The average Bonchev–Trinajstić information content (AvgIpc) is 2.38. The van der Waals surface area contributed by atoms with Gasteiger partial charge >= 0.3 is 5.97 Å². The molecule has 0 N–H and O–H groups in total. The van der Waals surface area contributed by atoms with E-state index in [9.17, 15) is 4.79 Å². The number of hydrogen-bond acceptors (Lipinski definition) is 7. The Kier molecular flexibility index (Phi) is 6.67. The molecule has 1 fully saturated rings. The second kappa shape index (κ2) is 7.76. The van der Waals surface area contributed by atoms with E-state index < -0.39 is 30.6 Å². The number of methoxy groups -OCH3 is 4. The molecule has 7 heteroatoms. The number of esters is 1. The van der Waals surface area contributed by atoms with E-state index in [1.54, 1.807) is 14.2 Å². The highest BCUT2D eigenvalue weighted by molar-refractivity contribution is 5.66. The lowest BCUT2D eigenvalue weighted by atomic mass is 9.98. The minimum absolute atomic E-state index is 0.324. The molecular weight excluding hydrogens is 256 g/mol. The fourth-order valence-electron chi connectivity index (χ4n) is 2.24. The van der Waals surface area contributed by atoms with Crippen LogP contribution in [0.5, 0.6) is 0 Å². The molecule has 1 aliphatic rings. The van der Waals surface area contributed by atoms with Crippen molar-refractivity contribution in [2.24, 2.45) is 0 Å². The van der Waals surface area contributed by atoms with Crippen molar-refractivity contribution in [2.45, 2.75) is 37.6 Å². The molecule has 0 aromatic rings. The molecule has 0 spiro atoms. The Morgan fingerprint density at radius 1 is 1.00 bits per heavy atom. The molecule has 1 heterocycles. The summed E-state index contributed by atoms with van der Waals surface area (Å²) in [5, 5.41) is 0. The third-order valence-corrected chi connectivity index (χ3v) is 3.00. The Balaban J connectivity index is 2.92. The molecule has 1 saturated heterocycles. The maximum Gasteiger partial charge on any atom is 0.303 e. The van der Waals surface area contributed by atoms with Crippen LogP contribution in [0.2, 0.25) is 0 Å². The van der Waals surface area contributed by atoms with E-state index in [0.29, 0.717) is 6.61 Å². The monoisotopic (exact) mass is 278 g/mol. The van der Waals surface area contributed by atoms with Crippen LogP contribution in [0.3, 0.4) is 0 Å². The van der Waals surface area contributed by atoms with Gasteiger partial charge in [0.25, 0.3) is 0 Å². The number of ether oxygens (including phenoxy) is 6. The summed E-state index contributed by atoms with van der Waals surface area (Å²) >= 11 is 0. The quantitative estimate of drug-likeness (QED) is 0.631. The van der Waals surface area contributed by atoms with Gasteiger partial charge in [-0.25, -0.2) is 0 Å². The first-order valence-electron chi connectivity index (χ1n) is 5.99. The standard InChI is InChI=1S/C12H22O7/c1-7(13)18-11-10(16-4)9(15-3)8(6-14-2)19-12(11)17-5/h8-12H,6H2,1-5H3/t8-,9-,10+,11-,12+/m1/s1. The van der Waals surface area contributed by atoms with Gasteiger partial charge in [0.15, 0.2) is 12.4 Å². The van der Waals surface area contributed by atoms with Gasteiger partial charge in [0.2, 0.25) is 0 Å². The molecule has 0 aliphatic carbocycles. The maximum absolute atomic E-state index is 11.2. The first-order valence-corrected chi connectivity index (χ1v) is 5.99. The SMILES string of the molecule is COC[C@H]1O[C@H](OC)[C@H](OC(C)=O)[C@@H](OC)[C@@H]1OC. The van der Waals surface area contributed by atoms with Crippen LogP contribution in [0.25, 0.3) is 0 Å². The predicted molar refractivity (Wildman–Crippen MR) is 64.7 cm³/mol. The summed E-state index contributed by atoms with van der Waals surface area (Å²) in [5.74, 6) is -0.433. The predicted octanol–water partition coefficient (Wildman–Crippen LogP) is -0.0342. The van der Waals surface area contributed by atoms with Gasteiger partial charge in [0.05, 0.1) is 6.61 Å². The van der Waals surface area contributed by atoms with Gasteiger partial charge in [-0.15, -0.1) is 0 Å². The highest BCUT2D eigenvalue weighted by Crippen LogP contribution is 2.28. The van der Waals surface area contributed by atoms with Crippen LogP contribution in [0.1, 0.15) is 6.92 Å². The molecule has 0 amide bonds. The minimum atomic E-state index is -0.722. The van der Waals surface area contributed by atoms with Crippen LogP contribution in [0.4, 0.5) is 0 Å². The molecular formula is C12H22O7. The van der Waals surface area contributed by atoms with Crippen molar-refractivity contribution in [3.05, 3.63) is 0 Å². The van der Waals surface area contributed by atoms with Gasteiger partial charge in [-0.2, -0.15) is 0 Å². The van der Waals surface area contributed by atoms with Crippen LogP contribution in [0, 0.1) is 0 Å². The third-order valence-electron chi connectivity index (χ3n) is 3.00. The summed E-state index contributed by atoms with van der Waals surface area (Å²) in [5.41, 5.74) is 0. The van der Waals surface area contributed by atoms with E-state index in [1.807, 2.05) is 0 Å². The van der Waals surface area contributed by atoms with Crippen molar-refractivity contribution in [2.75, 3.05) is 35.0 Å². The number of carbonyl (C=O) groups excluding carboxylic acids is 1. The van der Waals surface area contributed by atoms with Crippen molar-refractivity contribution in [3.8, 4) is 0 Å². The van der Waals surface area contributed by atoms with E-state index in [4.69, 9.17) is 28.4 Å². The van der Waals surface area contributed by atoms with Crippen molar-refractivity contribution >= 4 is 5.97 Å². The maximum atomic E-state index is 11.2. The summed E-state index contributed by atoms with van der Waals surface area (Å²) < 4.78 is 32.0. The van der Waals surface area contributed by atoms with Gasteiger partial charge in [0, 0.05) is 35.4 Å². The Morgan fingerprint density at radius 2 is 1.63 bits per heavy atom. The summed E-state index contributed by atoms with van der Waals surface area (Å²) in [4.78, 5) is 11.2. The zero-order chi connectivity index (χ0) is 14.4. The van der Waals surface area contributed by atoms with E-state index in [2.05, 4.69) is 0 Å². The van der Waals surface area contributed by atoms with Crippen LogP contribution in [0.15, 0.2) is 0 Å². The summed E-state index contributed by atoms with van der Waals surface area (Å²) in [6.45, 7) is 1.65. The molecule has 0 unspecified atom stereocenters. The molecule has 0 radical (unpaired) electrons. The van der Waals surface area contributed by atoms with Crippen LogP contribution < -0.4 is 0 Å². The third kappa shape index (κ3) is 3.87. The molecule has 1 aliphatic heterocycles.